The van der Waals surface area contributed by atoms with Gasteiger partial charge in [0.05, 0.1) is 29.5 Å². The van der Waals surface area contributed by atoms with Crippen LogP contribution in [-0.4, -0.2) is 106 Å². The molecule has 4 aromatic rings. The molecule has 2 saturated heterocycles. The van der Waals surface area contributed by atoms with Crippen molar-refractivity contribution in [1.82, 2.24) is 29.9 Å². The molecule has 0 spiro atoms. The van der Waals surface area contributed by atoms with E-state index in [0.29, 0.717) is 24.7 Å². The van der Waals surface area contributed by atoms with Crippen molar-refractivity contribution in [3.63, 3.8) is 0 Å². The van der Waals surface area contributed by atoms with E-state index in [2.05, 4.69) is 62.1 Å². The van der Waals surface area contributed by atoms with Gasteiger partial charge in [-0.2, -0.15) is 5.10 Å². The van der Waals surface area contributed by atoms with Crippen molar-refractivity contribution in [2.24, 2.45) is 0 Å². The molecule has 3 fully saturated rings. The third kappa shape index (κ3) is 8.98. The molecule has 0 atom stereocenters. The molecule has 1 aromatic carbocycles. The molecule has 1 N–H and O–H groups in total. The second kappa shape index (κ2) is 16.4. The van der Waals surface area contributed by atoms with Crippen LogP contribution in [0.25, 0.3) is 22.3 Å². The molecule has 5 heterocycles. The molecule has 7 rings (SSSR count). The monoisotopic (exact) mass is 742 g/mol. The molecule has 0 unspecified atom stereocenters. The molecule has 3 aromatic heterocycles. The van der Waals surface area contributed by atoms with E-state index in [1.165, 1.54) is 0 Å². The summed E-state index contributed by atoms with van der Waals surface area (Å²) < 4.78 is 31.3. The van der Waals surface area contributed by atoms with Gasteiger partial charge in [0.15, 0.2) is 18.1 Å². The number of aromatic nitrogens is 5. The van der Waals surface area contributed by atoms with Crippen LogP contribution in [0.2, 0.25) is 0 Å². The molecule has 2 aliphatic heterocycles. The number of hydrogen-bond acceptors (Lipinski definition) is 12. The van der Waals surface area contributed by atoms with Crippen molar-refractivity contribution in [3.05, 3.63) is 48.7 Å². The molecule has 290 valence electrons. The Morgan fingerprint density at radius 1 is 0.944 bits per heavy atom. The molecular weight excluding hydrogens is 688 g/mol. The highest BCUT2D eigenvalue weighted by atomic mass is 16.7. The zero-order chi connectivity index (χ0) is 37.8. The van der Waals surface area contributed by atoms with E-state index in [9.17, 15) is 4.79 Å². The highest BCUT2D eigenvalue weighted by molar-refractivity contribution is 5.88. The number of likely N-dealkylation sites (tertiary alicyclic amines) is 1. The third-order valence-electron chi connectivity index (χ3n) is 10.1. The number of piperidine rings is 2. The molecule has 54 heavy (non-hydrogen) atoms. The summed E-state index contributed by atoms with van der Waals surface area (Å²) in [5.41, 5.74) is 3.89. The first-order valence-electron chi connectivity index (χ1n) is 19.3. The van der Waals surface area contributed by atoms with Gasteiger partial charge < -0.3 is 38.8 Å². The maximum atomic E-state index is 12.4. The Balaban J connectivity index is 0.941. The summed E-state index contributed by atoms with van der Waals surface area (Å²) in [5.74, 6) is 2.08. The van der Waals surface area contributed by atoms with Crippen LogP contribution in [0.3, 0.4) is 0 Å². The highest BCUT2D eigenvalue weighted by Crippen LogP contribution is 2.36. The number of hydrogen-bond donors (Lipinski definition) is 1. The van der Waals surface area contributed by atoms with Gasteiger partial charge in [-0.3, -0.25) is 4.68 Å². The van der Waals surface area contributed by atoms with Gasteiger partial charge in [-0.1, -0.05) is 12.1 Å². The minimum atomic E-state index is -0.486. The Morgan fingerprint density at radius 3 is 2.43 bits per heavy atom. The van der Waals surface area contributed by atoms with Gasteiger partial charge in [-0.15, -0.1) is 10.2 Å². The smallest absolute Gasteiger partial charge is 0.410 e. The topological polar surface area (TPSA) is 138 Å². The van der Waals surface area contributed by atoms with E-state index in [-0.39, 0.29) is 43.3 Å². The summed E-state index contributed by atoms with van der Waals surface area (Å²) in [6, 6.07) is 14.4. The van der Waals surface area contributed by atoms with Crippen LogP contribution >= 0.6 is 0 Å². The fourth-order valence-electron chi connectivity index (χ4n) is 7.34. The maximum absolute atomic E-state index is 12.4. The van der Waals surface area contributed by atoms with Crippen LogP contribution in [0.15, 0.2) is 48.7 Å². The average molecular weight is 743 g/mol. The summed E-state index contributed by atoms with van der Waals surface area (Å²) in [4.78, 5) is 21.1. The van der Waals surface area contributed by atoms with Gasteiger partial charge in [0.2, 0.25) is 5.88 Å². The summed E-state index contributed by atoms with van der Waals surface area (Å²) in [6.07, 6.45) is 7.16. The van der Waals surface area contributed by atoms with Gasteiger partial charge in [0.25, 0.3) is 0 Å². The van der Waals surface area contributed by atoms with Crippen LogP contribution in [0.4, 0.5) is 16.3 Å². The predicted molar refractivity (Wildman–Crippen MR) is 206 cm³/mol. The summed E-state index contributed by atoms with van der Waals surface area (Å²) in [5, 5.41) is 17.8. The normalized spacial score (nSPS) is 19.9. The molecule has 14 heteroatoms. The van der Waals surface area contributed by atoms with E-state index in [1.807, 2.05) is 51.2 Å². The first-order chi connectivity index (χ1) is 26.0. The van der Waals surface area contributed by atoms with Crippen LogP contribution in [-0.2, 0) is 14.2 Å². The number of para-hydroxylation sites is 1. The first kappa shape index (κ1) is 37.6. The number of nitrogens with zero attached hydrogens (tertiary/aromatic N) is 7. The van der Waals surface area contributed by atoms with Gasteiger partial charge in [-0.05, 0) is 84.6 Å². The number of ether oxygens (including phenoxy) is 5. The largest absolute Gasteiger partial charge is 0.474 e. The fraction of sp³-hybridized carbons (Fsp3) is 0.575. The first-order valence-corrected chi connectivity index (χ1v) is 19.3. The molecule has 14 nitrogen and oxygen atoms in total. The Kier molecular flexibility index (Phi) is 11.4. The number of carbonyl (C=O) groups excluding carboxylic acids is 1. The van der Waals surface area contributed by atoms with Crippen LogP contribution in [0.1, 0.15) is 79.2 Å². The van der Waals surface area contributed by atoms with E-state index in [4.69, 9.17) is 28.8 Å². The minimum Gasteiger partial charge on any atom is -0.474 e. The third-order valence-corrected chi connectivity index (χ3v) is 10.1. The zero-order valence-electron chi connectivity index (χ0n) is 32.4. The number of anilines is 2. The lowest BCUT2D eigenvalue weighted by molar-refractivity contribution is -0.110. The lowest BCUT2D eigenvalue weighted by Gasteiger charge is -2.40. The van der Waals surface area contributed by atoms with Crippen molar-refractivity contribution >= 4 is 28.6 Å². The number of pyridine rings is 1. The number of amides is 1. The Hall–Kier alpha value is -4.69. The zero-order valence-corrected chi connectivity index (χ0v) is 32.4. The lowest BCUT2D eigenvalue weighted by Crippen LogP contribution is -2.46. The van der Waals surface area contributed by atoms with Gasteiger partial charge in [0.1, 0.15) is 17.5 Å². The van der Waals surface area contributed by atoms with E-state index in [0.717, 1.165) is 85.4 Å². The second-order valence-corrected chi connectivity index (χ2v) is 15.8. The van der Waals surface area contributed by atoms with Crippen LogP contribution < -0.4 is 19.7 Å². The Morgan fingerprint density at radius 2 is 1.70 bits per heavy atom. The Labute approximate surface area is 317 Å². The van der Waals surface area contributed by atoms with Crippen molar-refractivity contribution in [2.75, 3.05) is 50.3 Å². The average Bonchev–Trinajstić information content (AvgIpc) is 3.49. The standard InChI is InChI=1S/C40H54N8O6/c1-26(2)42-38-37-34(24-33(43-44-37)32-9-7-8-10-35(32)51-25-50-6)48(45-38)27-12-17-46(18-13-27)28-11-16-41-36(21-28)53-31-22-30(23-31)52-29-14-19-47(20-15-29)39(49)54-40(3,4)5/h7-11,16,21,24,26-27,29-31H,12-15,17-20,22-23,25H2,1-6H3,(H,42,45)/t30-,31-. The summed E-state index contributed by atoms with van der Waals surface area (Å²) >= 11 is 0. The number of nitrogens with one attached hydrogen (secondary N) is 1. The van der Waals surface area contributed by atoms with Gasteiger partial charge >= 0.3 is 6.09 Å². The SMILES string of the molecule is COCOc1ccccc1-c1cc2c(nn1)c(NC(C)C)nn2C1CCN(c2ccnc(O[C@H]3C[C@H](OC4CCN(C(=O)OC(C)(C)C)CC4)C3)c2)CC1. The molecule has 0 radical (unpaired) electrons. The van der Waals surface area contributed by atoms with Crippen molar-refractivity contribution < 1.29 is 28.5 Å². The molecular formula is C40H54N8O6. The molecule has 1 amide bonds. The van der Waals surface area contributed by atoms with Crippen molar-refractivity contribution in [2.45, 2.75) is 109 Å². The number of benzene rings is 1. The molecule has 0 bridgehead atoms. The summed E-state index contributed by atoms with van der Waals surface area (Å²) in [6.45, 7) is 13.1. The maximum Gasteiger partial charge on any atom is 0.410 e. The van der Waals surface area contributed by atoms with Crippen LogP contribution in [0, 0.1) is 0 Å². The van der Waals surface area contributed by atoms with E-state index in [1.54, 1.807) is 12.0 Å². The predicted octanol–water partition coefficient (Wildman–Crippen LogP) is 6.86. The second-order valence-electron chi connectivity index (χ2n) is 15.8. The minimum absolute atomic E-state index is 0.0820. The number of carbonyl (C=O) groups is 1. The quantitative estimate of drug-likeness (QED) is 0.152. The summed E-state index contributed by atoms with van der Waals surface area (Å²) in [7, 11) is 1.60. The highest BCUT2D eigenvalue weighted by Gasteiger charge is 2.36. The number of rotatable bonds is 12. The molecule has 1 aliphatic carbocycles. The Bertz CT molecular complexity index is 1870. The number of fused-ring (bicyclic) bond motifs is 1. The molecule has 1 saturated carbocycles. The van der Waals surface area contributed by atoms with Crippen LogP contribution in [0.5, 0.6) is 11.6 Å². The van der Waals surface area contributed by atoms with Gasteiger partial charge in [0, 0.05) is 75.7 Å². The molecule has 3 aliphatic rings. The van der Waals surface area contributed by atoms with Gasteiger partial charge in [-0.25, -0.2) is 9.78 Å². The van der Waals surface area contributed by atoms with E-state index < -0.39 is 5.60 Å². The van der Waals surface area contributed by atoms with E-state index >= 15 is 0 Å². The lowest BCUT2D eigenvalue weighted by atomic mass is 9.91. The van der Waals surface area contributed by atoms with Crippen molar-refractivity contribution in [1.29, 1.82) is 0 Å². The fourth-order valence-corrected chi connectivity index (χ4v) is 7.34. The number of methoxy groups -OCH3 is 1. The van der Waals surface area contributed by atoms with Crippen molar-refractivity contribution in [3.8, 4) is 22.9 Å².